The topological polar surface area (TPSA) is 50.9 Å². The van der Waals surface area contributed by atoms with Crippen LogP contribution in [0, 0.1) is 5.92 Å². The van der Waals surface area contributed by atoms with Gasteiger partial charge in [0.2, 0.25) is 0 Å². The van der Waals surface area contributed by atoms with Crippen LogP contribution in [0.5, 0.6) is 0 Å². The molecule has 20 heavy (non-hydrogen) atoms. The Labute approximate surface area is 131 Å². The van der Waals surface area contributed by atoms with Gasteiger partial charge in [0, 0.05) is 22.5 Å². The Balaban J connectivity index is 2.15. The number of halogens is 2. The van der Waals surface area contributed by atoms with Gasteiger partial charge in [0.25, 0.3) is 0 Å². The van der Waals surface area contributed by atoms with Crippen LogP contribution in [0.4, 0.5) is 0 Å². The lowest BCUT2D eigenvalue weighted by Gasteiger charge is -2.14. The summed E-state index contributed by atoms with van der Waals surface area (Å²) >= 11 is 9.33. The third-order valence-electron chi connectivity index (χ3n) is 2.93. The lowest BCUT2D eigenvalue weighted by Crippen LogP contribution is -2.13. The smallest absolute Gasteiger partial charge is 0.138 e. The largest absolute Gasteiger partial charge is 0.388 e. The lowest BCUT2D eigenvalue weighted by molar-refractivity contribution is 0.172. The highest BCUT2D eigenvalue weighted by atomic mass is 79.9. The molecule has 1 heterocycles. The molecule has 1 unspecified atom stereocenters. The summed E-state index contributed by atoms with van der Waals surface area (Å²) in [5.41, 5.74) is 0.800. The van der Waals surface area contributed by atoms with Gasteiger partial charge in [0.05, 0.1) is 6.10 Å². The minimum absolute atomic E-state index is 0.424. The molecular formula is C14H17BrClN3O. The van der Waals surface area contributed by atoms with Crippen molar-refractivity contribution in [3.05, 3.63) is 45.4 Å². The molecule has 0 bridgehead atoms. The van der Waals surface area contributed by atoms with E-state index < -0.39 is 6.10 Å². The van der Waals surface area contributed by atoms with Crippen LogP contribution in [0.3, 0.4) is 0 Å². The van der Waals surface area contributed by atoms with Gasteiger partial charge in [-0.15, -0.1) is 0 Å². The molecule has 1 aromatic carbocycles. The van der Waals surface area contributed by atoms with E-state index in [-0.39, 0.29) is 0 Å². The zero-order valence-corrected chi connectivity index (χ0v) is 13.8. The molecule has 0 aliphatic carbocycles. The number of aromatic nitrogens is 3. The van der Waals surface area contributed by atoms with Crippen molar-refractivity contribution < 1.29 is 5.11 Å². The minimum Gasteiger partial charge on any atom is -0.388 e. The summed E-state index contributed by atoms with van der Waals surface area (Å²) in [5.74, 6) is 1.27. The molecule has 0 aliphatic rings. The first kappa shape index (κ1) is 15.5. The Morgan fingerprint density at radius 3 is 2.80 bits per heavy atom. The normalized spacial score (nSPS) is 12.9. The highest BCUT2D eigenvalue weighted by molar-refractivity contribution is 9.10. The summed E-state index contributed by atoms with van der Waals surface area (Å²) in [7, 11) is 0. The van der Waals surface area contributed by atoms with E-state index in [9.17, 15) is 5.11 Å². The zero-order chi connectivity index (χ0) is 14.7. The van der Waals surface area contributed by atoms with Crippen LogP contribution >= 0.6 is 27.5 Å². The molecule has 4 nitrogen and oxygen atoms in total. The quantitative estimate of drug-likeness (QED) is 0.888. The van der Waals surface area contributed by atoms with Gasteiger partial charge in [-0.2, -0.15) is 5.10 Å². The molecule has 108 valence electrons. The summed E-state index contributed by atoms with van der Waals surface area (Å²) in [5, 5.41) is 15.2. The van der Waals surface area contributed by atoms with Crippen molar-refractivity contribution in [2.75, 3.05) is 0 Å². The molecule has 0 saturated carbocycles. The molecule has 0 aliphatic heterocycles. The van der Waals surface area contributed by atoms with E-state index in [1.807, 2.05) is 10.7 Å². The van der Waals surface area contributed by atoms with Gasteiger partial charge in [-0.3, -0.25) is 0 Å². The molecule has 1 aromatic heterocycles. The van der Waals surface area contributed by atoms with Gasteiger partial charge in [-0.05, 0) is 23.6 Å². The summed E-state index contributed by atoms with van der Waals surface area (Å²) in [4.78, 5) is 4.23. The van der Waals surface area contributed by atoms with E-state index >= 15 is 0 Å². The molecular weight excluding hydrogens is 342 g/mol. The van der Waals surface area contributed by atoms with Crippen molar-refractivity contribution >= 4 is 27.5 Å². The van der Waals surface area contributed by atoms with Gasteiger partial charge in [-0.1, -0.05) is 47.4 Å². The number of benzene rings is 1. The van der Waals surface area contributed by atoms with Crippen LogP contribution in [0.2, 0.25) is 5.02 Å². The van der Waals surface area contributed by atoms with Crippen molar-refractivity contribution in [1.82, 2.24) is 14.8 Å². The molecule has 1 atom stereocenters. The highest BCUT2D eigenvalue weighted by Gasteiger charge is 2.16. The van der Waals surface area contributed by atoms with Crippen molar-refractivity contribution in [3.8, 4) is 0 Å². The first-order valence-corrected chi connectivity index (χ1v) is 7.64. The van der Waals surface area contributed by atoms with Crippen LogP contribution in [-0.2, 0) is 13.0 Å². The second-order valence-corrected chi connectivity index (χ2v) is 6.43. The molecule has 0 saturated heterocycles. The Morgan fingerprint density at radius 2 is 2.15 bits per heavy atom. The van der Waals surface area contributed by atoms with Crippen molar-refractivity contribution in [3.63, 3.8) is 0 Å². The maximum absolute atomic E-state index is 10.4. The van der Waals surface area contributed by atoms with Crippen LogP contribution in [-0.4, -0.2) is 19.9 Å². The predicted molar refractivity (Wildman–Crippen MR) is 82.7 cm³/mol. The van der Waals surface area contributed by atoms with E-state index in [0.717, 1.165) is 22.4 Å². The molecule has 0 amide bonds. The highest BCUT2D eigenvalue weighted by Crippen LogP contribution is 2.28. The third-order valence-corrected chi connectivity index (χ3v) is 3.85. The number of rotatable bonds is 5. The second kappa shape index (κ2) is 6.70. The van der Waals surface area contributed by atoms with Crippen LogP contribution in [0.25, 0.3) is 0 Å². The number of hydrogen-bond donors (Lipinski definition) is 1. The third kappa shape index (κ3) is 3.81. The van der Waals surface area contributed by atoms with Gasteiger partial charge in [-0.25, -0.2) is 9.67 Å². The lowest BCUT2D eigenvalue weighted by atomic mass is 10.1. The van der Waals surface area contributed by atoms with Crippen LogP contribution < -0.4 is 0 Å². The fraction of sp³-hybridized carbons (Fsp3) is 0.429. The maximum atomic E-state index is 10.4. The Morgan fingerprint density at radius 1 is 1.40 bits per heavy atom. The monoisotopic (exact) mass is 357 g/mol. The van der Waals surface area contributed by atoms with E-state index in [1.165, 1.54) is 6.33 Å². The van der Waals surface area contributed by atoms with Crippen molar-refractivity contribution in [2.45, 2.75) is 32.9 Å². The zero-order valence-electron chi connectivity index (χ0n) is 11.4. The molecule has 0 fully saturated rings. The van der Waals surface area contributed by atoms with E-state index in [2.05, 4.69) is 39.9 Å². The van der Waals surface area contributed by atoms with Crippen LogP contribution in [0.1, 0.15) is 31.3 Å². The maximum Gasteiger partial charge on any atom is 0.138 e. The number of aliphatic hydroxyl groups is 1. The van der Waals surface area contributed by atoms with Gasteiger partial charge >= 0.3 is 0 Å². The Hall–Kier alpha value is -0.910. The Bertz CT molecular complexity index is 586. The van der Waals surface area contributed by atoms with Crippen molar-refractivity contribution in [1.29, 1.82) is 0 Å². The first-order valence-electron chi connectivity index (χ1n) is 6.47. The first-order chi connectivity index (χ1) is 9.47. The second-order valence-electron chi connectivity index (χ2n) is 5.14. The fourth-order valence-corrected chi connectivity index (χ4v) is 2.95. The van der Waals surface area contributed by atoms with Gasteiger partial charge in [0.1, 0.15) is 12.2 Å². The molecule has 2 aromatic rings. The van der Waals surface area contributed by atoms with Crippen LogP contribution in [0.15, 0.2) is 29.0 Å². The SMILES string of the molecule is CC(C)Cn1ncnc1CC(O)c1ccc(Cl)cc1Br. The van der Waals surface area contributed by atoms with E-state index in [0.29, 0.717) is 17.4 Å². The van der Waals surface area contributed by atoms with Gasteiger partial charge < -0.3 is 5.11 Å². The molecule has 6 heteroatoms. The fourth-order valence-electron chi connectivity index (χ4n) is 2.00. The van der Waals surface area contributed by atoms with Gasteiger partial charge in [0.15, 0.2) is 0 Å². The molecule has 1 N–H and O–H groups in total. The summed E-state index contributed by atoms with van der Waals surface area (Å²) in [6.07, 6.45) is 1.31. The summed E-state index contributed by atoms with van der Waals surface area (Å²) in [6, 6.07) is 5.36. The number of hydrogen-bond acceptors (Lipinski definition) is 3. The van der Waals surface area contributed by atoms with E-state index in [1.54, 1.807) is 12.1 Å². The Kier molecular flexibility index (Phi) is 5.18. The molecule has 0 radical (unpaired) electrons. The predicted octanol–water partition coefficient (Wildman–Crippen LogP) is 3.63. The standard InChI is InChI=1S/C14H17BrClN3O/c1-9(2)7-19-14(17-8-18-19)6-13(20)11-4-3-10(16)5-12(11)15/h3-5,8-9,13,20H,6-7H2,1-2H3. The molecule has 2 rings (SSSR count). The summed E-state index contributed by atoms with van der Waals surface area (Å²) in [6.45, 7) is 5.04. The van der Waals surface area contributed by atoms with E-state index in [4.69, 9.17) is 11.6 Å². The average Bonchev–Trinajstić information content (AvgIpc) is 2.75. The molecule has 0 spiro atoms. The summed E-state index contributed by atoms with van der Waals surface area (Å²) < 4.78 is 2.64. The average molecular weight is 359 g/mol. The number of nitrogens with zero attached hydrogens (tertiary/aromatic N) is 3. The van der Waals surface area contributed by atoms with Crippen molar-refractivity contribution in [2.24, 2.45) is 5.92 Å². The minimum atomic E-state index is -0.642. The number of aliphatic hydroxyl groups excluding tert-OH is 1.